The number of aromatic nitrogens is 1. The third-order valence-corrected chi connectivity index (χ3v) is 4.13. The Kier molecular flexibility index (Phi) is 5.27. The summed E-state index contributed by atoms with van der Waals surface area (Å²) in [7, 11) is 1.47. The third-order valence-electron chi connectivity index (χ3n) is 3.90. The summed E-state index contributed by atoms with van der Waals surface area (Å²) in [6.07, 6.45) is 2.37. The number of carbonyl (C=O) groups is 2. The van der Waals surface area contributed by atoms with E-state index in [0.29, 0.717) is 17.0 Å². The normalized spacial score (nSPS) is 14.2. The number of anilines is 1. The standard InChI is InChI=1S/C18H16ClFN4O2/c1-24-16(25)6-5-15(23-24)18(26)22-17-14(20)9-12(10-21-17)7-11-3-2-4-13(19)8-11/h2-4,8-10H,5-7H2,1H3,(H,21,22,26). The highest BCUT2D eigenvalue weighted by Crippen LogP contribution is 2.18. The van der Waals surface area contributed by atoms with Crippen LogP contribution in [-0.2, 0) is 16.0 Å². The number of benzene rings is 1. The summed E-state index contributed by atoms with van der Waals surface area (Å²) in [5.74, 6) is -1.56. The summed E-state index contributed by atoms with van der Waals surface area (Å²) in [6, 6.07) is 8.60. The van der Waals surface area contributed by atoms with Crippen LogP contribution in [0, 0.1) is 5.82 Å². The maximum absolute atomic E-state index is 14.3. The Balaban J connectivity index is 1.71. The fourth-order valence-electron chi connectivity index (χ4n) is 2.56. The van der Waals surface area contributed by atoms with Crippen molar-refractivity contribution in [1.82, 2.24) is 9.99 Å². The number of carbonyl (C=O) groups excluding carboxylic acids is 2. The van der Waals surface area contributed by atoms with E-state index in [4.69, 9.17) is 11.6 Å². The van der Waals surface area contributed by atoms with E-state index in [9.17, 15) is 14.0 Å². The molecular formula is C18H16ClFN4O2. The molecule has 3 rings (SSSR count). The summed E-state index contributed by atoms with van der Waals surface area (Å²) in [6.45, 7) is 0. The molecule has 0 bridgehead atoms. The average molecular weight is 375 g/mol. The van der Waals surface area contributed by atoms with Crippen molar-refractivity contribution in [3.63, 3.8) is 0 Å². The molecule has 0 saturated heterocycles. The van der Waals surface area contributed by atoms with Crippen LogP contribution in [0.25, 0.3) is 0 Å². The number of hydrogen-bond donors (Lipinski definition) is 1. The molecule has 0 fully saturated rings. The van der Waals surface area contributed by atoms with Gasteiger partial charge in [0.25, 0.3) is 5.91 Å². The van der Waals surface area contributed by atoms with Crippen molar-refractivity contribution in [2.24, 2.45) is 5.10 Å². The first-order valence-corrected chi connectivity index (χ1v) is 8.34. The topological polar surface area (TPSA) is 74.7 Å². The van der Waals surface area contributed by atoms with Gasteiger partial charge in [-0.25, -0.2) is 14.4 Å². The zero-order valence-electron chi connectivity index (χ0n) is 14.0. The predicted molar refractivity (Wildman–Crippen MR) is 96.5 cm³/mol. The second-order valence-electron chi connectivity index (χ2n) is 5.90. The molecule has 1 N–H and O–H groups in total. The van der Waals surface area contributed by atoms with Gasteiger partial charge in [-0.1, -0.05) is 23.7 Å². The van der Waals surface area contributed by atoms with Gasteiger partial charge in [0, 0.05) is 31.1 Å². The number of amides is 2. The Labute approximate surface area is 154 Å². The molecule has 2 aromatic rings. The number of pyridine rings is 1. The maximum Gasteiger partial charge on any atom is 0.273 e. The Bertz CT molecular complexity index is 901. The second kappa shape index (κ2) is 7.61. The number of nitrogens with one attached hydrogen (secondary N) is 1. The first-order chi connectivity index (χ1) is 12.4. The molecular weight excluding hydrogens is 359 g/mol. The minimum absolute atomic E-state index is 0.163. The second-order valence-corrected chi connectivity index (χ2v) is 6.34. The lowest BCUT2D eigenvalue weighted by atomic mass is 10.1. The van der Waals surface area contributed by atoms with Crippen LogP contribution in [-0.4, -0.2) is 34.6 Å². The lowest BCUT2D eigenvalue weighted by Crippen LogP contribution is -2.34. The first kappa shape index (κ1) is 18.0. The van der Waals surface area contributed by atoms with Gasteiger partial charge in [0.1, 0.15) is 5.71 Å². The van der Waals surface area contributed by atoms with Crippen LogP contribution < -0.4 is 5.32 Å². The monoisotopic (exact) mass is 374 g/mol. The minimum atomic E-state index is -0.640. The molecule has 2 heterocycles. The fraction of sp³-hybridized carbons (Fsp3) is 0.222. The SMILES string of the molecule is CN1N=C(C(=O)Nc2ncc(Cc3cccc(Cl)c3)cc2F)CCC1=O. The van der Waals surface area contributed by atoms with Crippen LogP contribution in [0.4, 0.5) is 10.2 Å². The van der Waals surface area contributed by atoms with E-state index in [2.05, 4.69) is 15.4 Å². The Morgan fingerprint density at radius 1 is 1.31 bits per heavy atom. The van der Waals surface area contributed by atoms with Gasteiger partial charge in [0.15, 0.2) is 11.6 Å². The van der Waals surface area contributed by atoms with Crippen molar-refractivity contribution in [1.29, 1.82) is 0 Å². The molecule has 134 valence electrons. The Morgan fingerprint density at radius 3 is 2.81 bits per heavy atom. The average Bonchev–Trinajstić information content (AvgIpc) is 2.59. The van der Waals surface area contributed by atoms with Crippen molar-refractivity contribution in [3.8, 4) is 0 Å². The van der Waals surface area contributed by atoms with Crippen molar-refractivity contribution in [2.75, 3.05) is 12.4 Å². The molecule has 8 heteroatoms. The van der Waals surface area contributed by atoms with Gasteiger partial charge in [0.05, 0.1) is 0 Å². The van der Waals surface area contributed by atoms with E-state index >= 15 is 0 Å². The first-order valence-electron chi connectivity index (χ1n) is 7.96. The van der Waals surface area contributed by atoms with E-state index in [-0.39, 0.29) is 30.3 Å². The largest absolute Gasteiger partial charge is 0.303 e. The molecule has 1 aromatic carbocycles. The van der Waals surface area contributed by atoms with E-state index in [1.54, 1.807) is 12.1 Å². The molecule has 0 unspecified atom stereocenters. The van der Waals surface area contributed by atoms with E-state index in [1.165, 1.54) is 19.3 Å². The van der Waals surface area contributed by atoms with Gasteiger partial charge in [0.2, 0.25) is 5.91 Å². The van der Waals surface area contributed by atoms with Crippen LogP contribution in [0.1, 0.15) is 24.0 Å². The molecule has 0 saturated carbocycles. The van der Waals surface area contributed by atoms with Crippen LogP contribution in [0.5, 0.6) is 0 Å². The van der Waals surface area contributed by atoms with Gasteiger partial charge in [-0.15, -0.1) is 0 Å². The van der Waals surface area contributed by atoms with Crippen molar-refractivity contribution in [3.05, 3.63) is 58.5 Å². The summed E-state index contributed by atoms with van der Waals surface area (Å²) >= 11 is 5.95. The molecule has 1 aliphatic heterocycles. The van der Waals surface area contributed by atoms with Gasteiger partial charge >= 0.3 is 0 Å². The van der Waals surface area contributed by atoms with Crippen molar-refractivity contribution >= 4 is 34.9 Å². The summed E-state index contributed by atoms with van der Waals surface area (Å²) in [4.78, 5) is 27.6. The smallest absolute Gasteiger partial charge is 0.273 e. The van der Waals surface area contributed by atoms with Crippen LogP contribution in [0.3, 0.4) is 0 Å². The van der Waals surface area contributed by atoms with E-state index < -0.39 is 11.7 Å². The molecule has 0 aliphatic carbocycles. The molecule has 6 nitrogen and oxygen atoms in total. The highest BCUT2D eigenvalue weighted by Gasteiger charge is 2.23. The molecule has 0 spiro atoms. The number of nitrogens with zero attached hydrogens (tertiary/aromatic N) is 3. The van der Waals surface area contributed by atoms with Crippen molar-refractivity contribution < 1.29 is 14.0 Å². The lowest BCUT2D eigenvalue weighted by molar-refractivity contribution is -0.130. The number of hydrazone groups is 1. The van der Waals surface area contributed by atoms with Crippen LogP contribution in [0.15, 0.2) is 41.6 Å². The molecule has 2 amide bonds. The Morgan fingerprint density at radius 2 is 2.12 bits per heavy atom. The van der Waals surface area contributed by atoms with E-state index in [1.807, 2.05) is 12.1 Å². The van der Waals surface area contributed by atoms with Gasteiger partial charge in [-0.3, -0.25) is 9.59 Å². The number of rotatable bonds is 4. The number of halogens is 2. The number of hydrogen-bond acceptors (Lipinski definition) is 4. The quantitative estimate of drug-likeness (QED) is 0.893. The highest BCUT2D eigenvalue weighted by atomic mass is 35.5. The maximum atomic E-state index is 14.3. The Hall–Kier alpha value is -2.80. The zero-order chi connectivity index (χ0) is 18.7. The predicted octanol–water partition coefficient (Wildman–Crippen LogP) is 3.01. The summed E-state index contributed by atoms with van der Waals surface area (Å²) in [5.41, 5.74) is 1.75. The molecule has 0 radical (unpaired) electrons. The van der Waals surface area contributed by atoms with Gasteiger partial charge in [-0.2, -0.15) is 5.10 Å². The van der Waals surface area contributed by atoms with Crippen molar-refractivity contribution in [2.45, 2.75) is 19.3 Å². The lowest BCUT2D eigenvalue weighted by Gasteiger charge is -2.18. The summed E-state index contributed by atoms with van der Waals surface area (Å²) in [5, 5.41) is 8.01. The van der Waals surface area contributed by atoms with Crippen LogP contribution in [0.2, 0.25) is 5.02 Å². The van der Waals surface area contributed by atoms with E-state index in [0.717, 1.165) is 10.6 Å². The van der Waals surface area contributed by atoms with Crippen LogP contribution >= 0.6 is 11.6 Å². The fourth-order valence-corrected chi connectivity index (χ4v) is 2.77. The third kappa shape index (κ3) is 4.23. The zero-order valence-corrected chi connectivity index (χ0v) is 14.8. The van der Waals surface area contributed by atoms with Gasteiger partial charge < -0.3 is 5.32 Å². The molecule has 1 aromatic heterocycles. The molecule has 26 heavy (non-hydrogen) atoms. The molecule has 0 atom stereocenters. The van der Waals surface area contributed by atoms with Gasteiger partial charge in [-0.05, 0) is 35.7 Å². The molecule has 1 aliphatic rings. The highest BCUT2D eigenvalue weighted by molar-refractivity contribution is 6.43. The minimum Gasteiger partial charge on any atom is -0.303 e. The summed E-state index contributed by atoms with van der Waals surface area (Å²) < 4.78 is 14.3.